The van der Waals surface area contributed by atoms with Crippen molar-refractivity contribution in [2.75, 3.05) is 18.0 Å². The third kappa shape index (κ3) is 4.02. The summed E-state index contributed by atoms with van der Waals surface area (Å²) in [6.45, 7) is 6.43. The predicted molar refractivity (Wildman–Crippen MR) is 123 cm³/mol. The molecule has 2 saturated heterocycles. The van der Waals surface area contributed by atoms with Crippen LogP contribution in [-0.2, 0) is 4.74 Å². The molecule has 2 aliphatic heterocycles. The second-order valence-electron chi connectivity index (χ2n) is 9.51. The second-order valence-corrected chi connectivity index (χ2v) is 10.4. The van der Waals surface area contributed by atoms with Crippen LogP contribution < -0.4 is 4.90 Å². The number of carbonyl (C=O) groups excluding carboxylic acids is 2. The van der Waals surface area contributed by atoms with Crippen LogP contribution in [-0.4, -0.2) is 63.9 Å². The number of oxazole rings is 1. The maximum Gasteiger partial charge on any atom is 0.410 e. The van der Waals surface area contributed by atoms with Crippen LogP contribution in [0.5, 0.6) is 0 Å². The number of fused-ring (bicyclic) bond motifs is 3. The van der Waals surface area contributed by atoms with Crippen LogP contribution in [0.15, 0.2) is 28.1 Å². The van der Waals surface area contributed by atoms with Crippen LogP contribution in [0, 0.1) is 0 Å². The summed E-state index contributed by atoms with van der Waals surface area (Å²) in [6, 6.07) is 3.00. The Morgan fingerprint density at radius 1 is 1.21 bits per heavy atom. The van der Waals surface area contributed by atoms with Crippen LogP contribution in [0.2, 0.25) is 0 Å². The summed E-state index contributed by atoms with van der Waals surface area (Å²) in [4.78, 5) is 37.4. The minimum Gasteiger partial charge on any atom is -0.444 e. The van der Waals surface area contributed by atoms with Gasteiger partial charge in [0.05, 0.1) is 23.2 Å². The monoisotopic (exact) mass is 490 g/mol. The van der Waals surface area contributed by atoms with E-state index in [0.29, 0.717) is 23.7 Å². The van der Waals surface area contributed by atoms with E-state index in [1.807, 2.05) is 25.7 Å². The number of alkyl halides is 2. The highest BCUT2D eigenvalue weighted by Crippen LogP contribution is 2.38. The Morgan fingerprint density at radius 3 is 2.50 bits per heavy atom. The van der Waals surface area contributed by atoms with Gasteiger partial charge in [0.15, 0.2) is 5.58 Å². The van der Waals surface area contributed by atoms with Gasteiger partial charge in [-0.15, -0.1) is 11.3 Å². The third-order valence-electron chi connectivity index (χ3n) is 6.02. The van der Waals surface area contributed by atoms with Gasteiger partial charge >= 0.3 is 12.5 Å². The van der Waals surface area contributed by atoms with E-state index in [9.17, 15) is 18.4 Å². The van der Waals surface area contributed by atoms with Crippen LogP contribution in [0.25, 0.3) is 21.7 Å². The zero-order valence-corrected chi connectivity index (χ0v) is 19.8. The molecule has 0 radical (unpaired) electrons. The number of thiazole rings is 1. The Morgan fingerprint density at radius 2 is 1.91 bits per heavy atom. The number of Topliss-reactive ketones (excluding diaryl/α,β-unsaturated/α-hetero) is 1. The fourth-order valence-corrected chi connectivity index (χ4v) is 5.30. The number of ketones is 1. The molecule has 1 amide bonds. The average Bonchev–Trinajstić information content (AvgIpc) is 3.49. The first-order valence-corrected chi connectivity index (χ1v) is 11.9. The number of halogens is 2. The van der Waals surface area contributed by atoms with Gasteiger partial charge in [0.2, 0.25) is 5.78 Å². The van der Waals surface area contributed by atoms with E-state index in [2.05, 4.69) is 9.97 Å². The summed E-state index contributed by atoms with van der Waals surface area (Å²) in [7, 11) is 0. The molecule has 2 unspecified atom stereocenters. The number of piperazine rings is 1. The normalized spacial score (nSPS) is 20.4. The molecule has 2 aliphatic rings. The SMILES string of the molecule is CC(C)(C)OC(=O)N1C2CCC1CN(c1nc3c(C(=O)C(F)F)ccc(-c4nccs4)c3o1)C2. The molecule has 0 N–H and O–H groups in total. The largest absolute Gasteiger partial charge is 0.444 e. The Hall–Kier alpha value is -3.08. The van der Waals surface area contributed by atoms with Crippen molar-refractivity contribution in [2.24, 2.45) is 0 Å². The van der Waals surface area contributed by atoms with Crippen molar-refractivity contribution in [1.29, 1.82) is 0 Å². The Labute approximate surface area is 198 Å². The highest BCUT2D eigenvalue weighted by molar-refractivity contribution is 7.13. The molecule has 0 aliphatic carbocycles. The number of hydrogen-bond acceptors (Lipinski definition) is 8. The van der Waals surface area contributed by atoms with Gasteiger partial charge in [-0.25, -0.2) is 18.6 Å². The number of rotatable bonds is 4. The molecule has 34 heavy (non-hydrogen) atoms. The van der Waals surface area contributed by atoms with Gasteiger partial charge in [0.25, 0.3) is 6.01 Å². The number of ether oxygens (including phenoxy) is 1. The van der Waals surface area contributed by atoms with E-state index in [0.717, 1.165) is 12.8 Å². The van der Waals surface area contributed by atoms with Crippen molar-refractivity contribution in [3.8, 4) is 10.6 Å². The molecule has 1 aromatic carbocycles. The summed E-state index contributed by atoms with van der Waals surface area (Å²) < 4.78 is 38.2. The minimum absolute atomic E-state index is 0.0794. The highest BCUT2D eigenvalue weighted by Gasteiger charge is 2.45. The molecule has 0 spiro atoms. The lowest BCUT2D eigenvalue weighted by Crippen LogP contribution is -2.56. The molecular formula is C23H24F2N4O4S. The van der Waals surface area contributed by atoms with Crippen LogP contribution in [0.4, 0.5) is 19.6 Å². The maximum atomic E-state index is 13.2. The van der Waals surface area contributed by atoms with Crippen LogP contribution in [0.3, 0.4) is 0 Å². The zero-order chi connectivity index (χ0) is 24.2. The molecule has 11 heteroatoms. The Balaban J connectivity index is 1.49. The summed E-state index contributed by atoms with van der Waals surface area (Å²) in [5, 5.41) is 2.43. The van der Waals surface area contributed by atoms with E-state index in [1.165, 1.54) is 17.4 Å². The van der Waals surface area contributed by atoms with Gasteiger partial charge in [-0.1, -0.05) is 0 Å². The number of aromatic nitrogens is 2. The summed E-state index contributed by atoms with van der Waals surface area (Å²) in [5.41, 5.74) is 0.155. The maximum absolute atomic E-state index is 13.2. The average molecular weight is 491 g/mol. The molecule has 4 heterocycles. The van der Waals surface area contributed by atoms with E-state index in [1.54, 1.807) is 22.5 Å². The van der Waals surface area contributed by atoms with Gasteiger partial charge in [-0.3, -0.25) is 9.69 Å². The van der Waals surface area contributed by atoms with Crippen molar-refractivity contribution < 1.29 is 27.5 Å². The van der Waals surface area contributed by atoms with Crippen LogP contribution >= 0.6 is 11.3 Å². The van der Waals surface area contributed by atoms with Crippen molar-refractivity contribution in [1.82, 2.24) is 14.9 Å². The lowest BCUT2D eigenvalue weighted by atomic mass is 10.1. The number of carbonyl (C=O) groups is 2. The van der Waals surface area contributed by atoms with E-state index in [-0.39, 0.29) is 40.9 Å². The third-order valence-corrected chi connectivity index (χ3v) is 6.82. The lowest BCUT2D eigenvalue weighted by Gasteiger charge is -2.40. The first-order chi connectivity index (χ1) is 16.1. The molecule has 3 aromatic rings. The number of amides is 1. The van der Waals surface area contributed by atoms with Crippen molar-refractivity contribution in [3.63, 3.8) is 0 Å². The molecule has 2 atom stereocenters. The molecule has 2 bridgehead atoms. The van der Waals surface area contributed by atoms with Gasteiger partial charge in [-0.2, -0.15) is 4.98 Å². The van der Waals surface area contributed by atoms with Gasteiger partial charge in [-0.05, 0) is 45.7 Å². The standard InChI is InChI=1S/C23H24F2N4O4S/c1-23(2,3)33-22(31)29-12-4-5-13(29)11-28(10-12)21-27-16-14(17(30)19(24)25)6-7-15(18(16)32-21)20-26-8-9-34-20/h6-9,12-13,19H,4-5,10-11H2,1-3H3. The quantitative estimate of drug-likeness (QED) is 0.476. The molecule has 180 valence electrons. The summed E-state index contributed by atoms with van der Waals surface area (Å²) >= 11 is 1.37. The van der Waals surface area contributed by atoms with E-state index >= 15 is 0 Å². The Bertz CT molecular complexity index is 1220. The number of hydrogen-bond donors (Lipinski definition) is 0. The minimum atomic E-state index is -3.15. The van der Waals surface area contributed by atoms with Crippen molar-refractivity contribution in [2.45, 2.75) is 57.7 Å². The molecule has 8 nitrogen and oxygen atoms in total. The van der Waals surface area contributed by atoms with Gasteiger partial charge in [0.1, 0.15) is 16.1 Å². The van der Waals surface area contributed by atoms with Gasteiger partial charge in [0, 0.05) is 24.7 Å². The lowest BCUT2D eigenvalue weighted by molar-refractivity contribution is 0.0120. The topological polar surface area (TPSA) is 88.8 Å². The van der Waals surface area contributed by atoms with Gasteiger partial charge < -0.3 is 14.1 Å². The highest BCUT2D eigenvalue weighted by atomic mass is 32.1. The molecule has 0 saturated carbocycles. The van der Waals surface area contributed by atoms with Crippen LogP contribution in [0.1, 0.15) is 44.0 Å². The van der Waals surface area contributed by atoms with E-state index < -0.39 is 17.8 Å². The van der Waals surface area contributed by atoms with Crippen molar-refractivity contribution >= 4 is 40.3 Å². The fourth-order valence-electron chi connectivity index (χ4n) is 4.64. The zero-order valence-electron chi connectivity index (χ0n) is 19.0. The molecular weight excluding hydrogens is 466 g/mol. The second kappa shape index (κ2) is 8.30. The predicted octanol–water partition coefficient (Wildman–Crippen LogP) is 4.99. The molecule has 2 fully saturated rings. The van der Waals surface area contributed by atoms with Crippen molar-refractivity contribution in [3.05, 3.63) is 29.3 Å². The van der Waals surface area contributed by atoms with E-state index in [4.69, 9.17) is 9.15 Å². The summed E-state index contributed by atoms with van der Waals surface area (Å²) in [5.74, 6) is -1.30. The Kier molecular flexibility index (Phi) is 5.54. The fraction of sp³-hybridized carbons (Fsp3) is 0.478. The molecule has 2 aromatic heterocycles. The molecule has 5 rings (SSSR count). The first kappa shape index (κ1) is 22.7. The summed E-state index contributed by atoms with van der Waals surface area (Å²) in [6.07, 6.45) is -0.217. The first-order valence-electron chi connectivity index (χ1n) is 11.0. The number of anilines is 1. The number of nitrogens with zero attached hydrogens (tertiary/aromatic N) is 4. The number of benzene rings is 1. The smallest absolute Gasteiger partial charge is 0.410 e.